The average molecular weight is 302 g/mol. The quantitative estimate of drug-likeness (QED) is 0.559. The summed E-state index contributed by atoms with van der Waals surface area (Å²) in [5.74, 6) is 2.01. The second kappa shape index (κ2) is 7.45. The van der Waals surface area contributed by atoms with Gasteiger partial charge in [-0.05, 0) is 46.1 Å². The molecule has 0 amide bonds. The lowest BCUT2D eigenvalue weighted by molar-refractivity contribution is 0.00578. The van der Waals surface area contributed by atoms with E-state index in [1.807, 2.05) is 24.2 Å². The molecule has 1 aliphatic rings. The van der Waals surface area contributed by atoms with Crippen molar-refractivity contribution < 1.29 is 14.0 Å². The van der Waals surface area contributed by atoms with Crippen molar-refractivity contribution in [2.75, 3.05) is 6.61 Å². The van der Waals surface area contributed by atoms with Gasteiger partial charge in [0.05, 0.1) is 17.8 Å². The predicted molar refractivity (Wildman–Crippen MR) is 90.6 cm³/mol. The molecule has 0 spiro atoms. The van der Waals surface area contributed by atoms with E-state index in [9.17, 15) is 0 Å². The normalized spacial score (nSPS) is 19.9. The van der Waals surface area contributed by atoms with Crippen LogP contribution in [0.25, 0.3) is 0 Å². The Morgan fingerprint density at radius 3 is 2.32 bits per heavy atom. The van der Waals surface area contributed by atoms with Gasteiger partial charge in [-0.15, -0.1) is 0 Å². The van der Waals surface area contributed by atoms with E-state index in [-0.39, 0.29) is 18.3 Å². The summed E-state index contributed by atoms with van der Waals surface area (Å²) in [4.78, 5) is 0. The van der Waals surface area contributed by atoms with Crippen molar-refractivity contribution in [2.45, 2.75) is 58.3 Å². The summed E-state index contributed by atoms with van der Waals surface area (Å²) in [6.07, 6.45) is 4.09. The fourth-order valence-corrected chi connectivity index (χ4v) is 2.24. The molecular formula is C18H27BO3. The van der Waals surface area contributed by atoms with Crippen molar-refractivity contribution in [2.24, 2.45) is 0 Å². The van der Waals surface area contributed by atoms with Gasteiger partial charge in [0.15, 0.2) is 0 Å². The van der Waals surface area contributed by atoms with Crippen LogP contribution in [0.5, 0.6) is 0 Å². The summed E-state index contributed by atoms with van der Waals surface area (Å²) in [5.41, 5.74) is 0.692. The largest absolute Gasteiger partial charge is 0.486 e. The van der Waals surface area contributed by atoms with Gasteiger partial charge in [-0.2, -0.15) is 0 Å². The minimum Gasteiger partial charge on any atom is -0.400 e. The number of rotatable bonds is 7. The highest BCUT2D eigenvalue weighted by atomic mass is 16.7. The monoisotopic (exact) mass is 302 g/mol. The molecule has 1 saturated heterocycles. The molecule has 0 atom stereocenters. The van der Waals surface area contributed by atoms with Crippen LogP contribution in [0, 0.1) is 0 Å². The topological polar surface area (TPSA) is 27.7 Å². The van der Waals surface area contributed by atoms with Crippen LogP contribution in [-0.4, -0.2) is 24.9 Å². The van der Waals surface area contributed by atoms with E-state index in [2.05, 4.69) is 45.9 Å². The Morgan fingerprint density at radius 1 is 1.05 bits per heavy atom. The van der Waals surface area contributed by atoms with Crippen molar-refractivity contribution in [1.29, 1.82) is 0 Å². The highest BCUT2D eigenvalue weighted by molar-refractivity contribution is 6.51. The molecule has 0 saturated carbocycles. The summed E-state index contributed by atoms with van der Waals surface area (Å²) in [6, 6.07) is 10.2. The standard InChI is InChI=1S/C18H27BO3/c1-17(2)18(3,4)22-19(21-17)13-9-6-10-14-20-15-16-11-7-5-8-12-16/h5,7-9,11-13H,6,10,14-15H2,1-4H3/b13-9+. The van der Waals surface area contributed by atoms with Gasteiger partial charge in [0.25, 0.3) is 0 Å². The third kappa shape index (κ3) is 4.70. The van der Waals surface area contributed by atoms with Gasteiger partial charge in [-0.25, -0.2) is 0 Å². The number of hydrogen-bond donors (Lipinski definition) is 0. The first-order valence-corrected chi connectivity index (χ1v) is 8.05. The Bertz CT molecular complexity index is 466. The smallest absolute Gasteiger partial charge is 0.400 e. The molecule has 1 aromatic carbocycles. The van der Waals surface area contributed by atoms with E-state index in [1.54, 1.807) is 0 Å². The molecule has 4 heteroatoms. The lowest BCUT2D eigenvalue weighted by atomic mass is 9.89. The maximum atomic E-state index is 5.91. The van der Waals surface area contributed by atoms with Crippen LogP contribution in [0.15, 0.2) is 42.4 Å². The van der Waals surface area contributed by atoms with E-state index in [4.69, 9.17) is 14.0 Å². The molecule has 0 aliphatic carbocycles. The lowest BCUT2D eigenvalue weighted by Gasteiger charge is -2.32. The van der Waals surface area contributed by atoms with Crippen molar-refractivity contribution in [3.05, 3.63) is 47.9 Å². The van der Waals surface area contributed by atoms with Gasteiger partial charge in [0, 0.05) is 6.61 Å². The summed E-state index contributed by atoms with van der Waals surface area (Å²) in [6.45, 7) is 9.72. The summed E-state index contributed by atoms with van der Waals surface area (Å²) < 4.78 is 17.5. The van der Waals surface area contributed by atoms with E-state index >= 15 is 0 Å². The summed E-state index contributed by atoms with van der Waals surface area (Å²) >= 11 is 0. The molecule has 3 nitrogen and oxygen atoms in total. The molecule has 0 N–H and O–H groups in total. The van der Waals surface area contributed by atoms with E-state index in [0.29, 0.717) is 6.61 Å². The molecule has 22 heavy (non-hydrogen) atoms. The second-order valence-electron chi connectivity index (χ2n) is 6.73. The number of benzene rings is 1. The van der Waals surface area contributed by atoms with Crippen molar-refractivity contribution in [3.8, 4) is 0 Å². The van der Waals surface area contributed by atoms with Crippen LogP contribution in [0.1, 0.15) is 46.1 Å². The van der Waals surface area contributed by atoms with E-state index in [0.717, 1.165) is 19.4 Å². The molecule has 1 aromatic rings. The van der Waals surface area contributed by atoms with Crippen molar-refractivity contribution in [1.82, 2.24) is 0 Å². The molecule has 2 rings (SSSR count). The Hall–Kier alpha value is -1.10. The van der Waals surface area contributed by atoms with E-state index < -0.39 is 0 Å². The Labute approximate surface area is 134 Å². The first-order valence-electron chi connectivity index (χ1n) is 8.05. The molecule has 1 heterocycles. The molecule has 0 aromatic heterocycles. The van der Waals surface area contributed by atoms with Gasteiger partial charge in [0.2, 0.25) is 0 Å². The molecule has 0 bridgehead atoms. The van der Waals surface area contributed by atoms with Crippen LogP contribution in [0.3, 0.4) is 0 Å². The number of unbranched alkanes of at least 4 members (excludes halogenated alkanes) is 1. The van der Waals surface area contributed by atoms with E-state index in [1.165, 1.54) is 5.56 Å². The van der Waals surface area contributed by atoms with Crippen LogP contribution >= 0.6 is 0 Å². The maximum absolute atomic E-state index is 5.91. The third-order valence-corrected chi connectivity index (χ3v) is 4.34. The second-order valence-corrected chi connectivity index (χ2v) is 6.73. The maximum Gasteiger partial charge on any atom is 0.486 e. The molecule has 0 radical (unpaired) electrons. The van der Waals surface area contributed by atoms with Gasteiger partial charge < -0.3 is 14.0 Å². The lowest BCUT2D eigenvalue weighted by Crippen LogP contribution is -2.41. The van der Waals surface area contributed by atoms with Gasteiger partial charge in [-0.3, -0.25) is 0 Å². The zero-order valence-corrected chi connectivity index (χ0v) is 14.2. The molecule has 0 unspecified atom stereocenters. The summed E-state index contributed by atoms with van der Waals surface area (Å²) in [5, 5.41) is 0. The SMILES string of the molecule is CC1(C)OB(/C=C/CCCOCc2ccccc2)OC1(C)C. The fraction of sp³-hybridized carbons (Fsp3) is 0.556. The molecule has 120 valence electrons. The Kier molecular flexibility index (Phi) is 5.84. The first kappa shape index (κ1) is 17.3. The van der Waals surface area contributed by atoms with Crippen LogP contribution in [0.4, 0.5) is 0 Å². The van der Waals surface area contributed by atoms with Gasteiger partial charge in [-0.1, -0.05) is 42.4 Å². The molecular weight excluding hydrogens is 275 g/mol. The van der Waals surface area contributed by atoms with Crippen molar-refractivity contribution >= 4 is 7.12 Å². The highest BCUT2D eigenvalue weighted by Gasteiger charge is 2.49. The molecule has 1 aliphatic heterocycles. The van der Waals surface area contributed by atoms with Gasteiger partial charge in [0.1, 0.15) is 0 Å². The summed E-state index contributed by atoms with van der Waals surface area (Å²) in [7, 11) is -0.241. The molecule has 1 fully saturated rings. The zero-order chi connectivity index (χ0) is 16.1. The van der Waals surface area contributed by atoms with Crippen LogP contribution in [0.2, 0.25) is 0 Å². The van der Waals surface area contributed by atoms with Gasteiger partial charge >= 0.3 is 7.12 Å². The fourth-order valence-electron chi connectivity index (χ4n) is 2.24. The van der Waals surface area contributed by atoms with Crippen LogP contribution in [-0.2, 0) is 20.7 Å². The minimum absolute atomic E-state index is 0.241. The minimum atomic E-state index is -0.263. The Morgan fingerprint density at radius 2 is 1.68 bits per heavy atom. The number of hydrogen-bond acceptors (Lipinski definition) is 3. The number of ether oxygens (including phenoxy) is 1. The highest BCUT2D eigenvalue weighted by Crippen LogP contribution is 2.36. The average Bonchev–Trinajstić information content (AvgIpc) is 2.67. The predicted octanol–water partition coefficient (Wildman–Crippen LogP) is 4.17. The first-order chi connectivity index (χ1) is 10.4. The van der Waals surface area contributed by atoms with Crippen molar-refractivity contribution in [3.63, 3.8) is 0 Å². The number of allylic oxidation sites excluding steroid dienone is 1. The third-order valence-electron chi connectivity index (χ3n) is 4.34. The zero-order valence-electron chi connectivity index (χ0n) is 14.2. The van der Waals surface area contributed by atoms with Crippen LogP contribution < -0.4 is 0 Å². The Balaban J connectivity index is 1.59.